The fourth-order valence-electron chi connectivity index (χ4n) is 1.54. The second-order valence-corrected chi connectivity index (χ2v) is 3.69. The van der Waals surface area contributed by atoms with Gasteiger partial charge >= 0.3 is 0 Å². The van der Waals surface area contributed by atoms with E-state index in [1.807, 2.05) is 44.2 Å². The molecule has 14 heavy (non-hydrogen) atoms. The molecule has 2 nitrogen and oxygen atoms in total. The maximum atomic E-state index is 9.93. The average molecular weight is 194 g/mol. The van der Waals surface area contributed by atoms with Crippen molar-refractivity contribution in [1.82, 2.24) is 0 Å². The first-order valence-corrected chi connectivity index (χ1v) is 5.08. The largest absolute Gasteiger partial charge is 0.393 e. The van der Waals surface area contributed by atoms with E-state index in [1.54, 1.807) is 0 Å². The van der Waals surface area contributed by atoms with Gasteiger partial charge in [-0.25, -0.2) is 0 Å². The first-order chi connectivity index (χ1) is 6.66. The molecule has 2 heteroatoms. The fourth-order valence-corrected chi connectivity index (χ4v) is 1.54. The third-order valence-corrected chi connectivity index (χ3v) is 2.66. The molecule has 0 saturated heterocycles. The molecule has 0 saturated carbocycles. The van der Waals surface area contributed by atoms with Gasteiger partial charge in [0.05, 0.1) is 12.2 Å². The number of rotatable bonds is 4. The summed E-state index contributed by atoms with van der Waals surface area (Å²) in [4.78, 5) is 0. The van der Waals surface area contributed by atoms with E-state index in [0.29, 0.717) is 6.42 Å². The number of hydrogen-bond acceptors (Lipinski definition) is 2. The lowest BCUT2D eigenvalue weighted by molar-refractivity contribution is 0.0192. The van der Waals surface area contributed by atoms with Crippen molar-refractivity contribution < 1.29 is 10.2 Å². The van der Waals surface area contributed by atoms with Crippen LogP contribution in [0.25, 0.3) is 0 Å². The highest BCUT2D eigenvalue weighted by Crippen LogP contribution is 2.25. The highest BCUT2D eigenvalue weighted by Gasteiger charge is 2.21. The second kappa shape index (κ2) is 5.13. The molecule has 1 aromatic rings. The predicted molar refractivity (Wildman–Crippen MR) is 56.9 cm³/mol. The summed E-state index contributed by atoms with van der Waals surface area (Å²) >= 11 is 0. The summed E-state index contributed by atoms with van der Waals surface area (Å²) in [5.74, 6) is -0.123. The van der Waals surface area contributed by atoms with Crippen LogP contribution in [0.5, 0.6) is 0 Å². The minimum Gasteiger partial charge on any atom is -0.393 e. The Labute approximate surface area is 85.2 Å². The smallest absolute Gasteiger partial charge is 0.0840 e. The summed E-state index contributed by atoms with van der Waals surface area (Å²) in [6.45, 7) is 3.78. The molecule has 78 valence electrons. The molecule has 0 bridgehead atoms. The zero-order valence-electron chi connectivity index (χ0n) is 8.72. The van der Waals surface area contributed by atoms with Crippen molar-refractivity contribution >= 4 is 0 Å². The maximum Gasteiger partial charge on any atom is 0.0840 e. The summed E-state index contributed by atoms with van der Waals surface area (Å²) < 4.78 is 0. The van der Waals surface area contributed by atoms with E-state index < -0.39 is 12.2 Å². The van der Waals surface area contributed by atoms with Gasteiger partial charge < -0.3 is 10.2 Å². The topological polar surface area (TPSA) is 40.5 Å². The Morgan fingerprint density at radius 2 is 1.71 bits per heavy atom. The van der Waals surface area contributed by atoms with Crippen molar-refractivity contribution in [3.8, 4) is 0 Å². The van der Waals surface area contributed by atoms with Crippen molar-refractivity contribution in [3.63, 3.8) is 0 Å². The van der Waals surface area contributed by atoms with Gasteiger partial charge in [0.25, 0.3) is 0 Å². The van der Waals surface area contributed by atoms with Crippen LogP contribution in [0.2, 0.25) is 0 Å². The van der Waals surface area contributed by atoms with Gasteiger partial charge in [-0.3, -0.25) is 0 Å². The molecular weight excluding hydrogens is 176 g/mol. The Morgan fingerprint density at radius 1 is 1.14 bits per heavy atom. The summed E-state index contributed by atoms with van der Waals surface area (Å²) in [6, 6.07) is 9.46. The van der Waals surface area contributed by atoms with E-state index in [9.17, 15) is 10.2 Å². The Kier molecular flexibility index (Phi) is 4.11. The van der Waals surface area contributed by atoms with E-state index in [0.717, 1.165) is 5.56 Å². The van der Waals surface area contributed by atoms with Gasteiger partial charge in [-0.1, -0.05) is 44.2 Å². The van der Waals surface area contributed by atoms with E-state index in [1.165, 1.54) is 0 Å². The lowest BCUT2D eigenvalue weighted by atomic mass is 9.91. The fraction of sp³-hybridized carbons (Fsp3) is 0.500. The molecule has 0 amide bonds. The molecule has 2 N–H and O–H groups in total. The molecular formula is C12H18O2. The van der Waals surface area contributed by atoms with E-state index >= 15 is 0 Å². The molecule has 1 aromatic carbocycles. The Morgan fingerprint density at radius 3 is 2.21 bits per heavy atom. The first kappa shape index (κ1) is 11.2. The molecule has 0 spiro atoms. The van der Waals surface area contributed by atoms with Crippen LogP contribution in [0, 0.1) is 5.92 Å². The summed E-state index contributed by atoms with van der Waals surface area (Å²) in [7, 11) is 0. The van der Waals surface area contributed by atoms with Gasteiger partial charge in [-0.15, -0.1) is 0 Å². The Balaban J connectivity index is 2.70. The maximum absolute atomic E-state index is 9.93. The average Bonchev–Trinajstić information content (AvgIpc) is 2.27. The number of benzene rings is 1. The van der Waals surface area contributed by atoms with E-state index in [4.69, 9.17) is 0 Å². The highest BCUT2D eigenvalue weighted by atomic mass is 16.3. The Hall–Kier alpha value is -0.860. The first-order valence-electron chi connectivity index (χ1n) is 5.08. The quantitative estimate of drug-likeness (QED) is 0.770. The second-order valence-electron chi connectivity index (χ2n) is 3.69. The zero-order chi connectivity index (χ0) is 10.6. The molecule has 0 heterocycles. The van der Waals surface area contributed by atoms with Gasteiger partial charge in [0, 0.05) is 5.92 Å². The highest BCUT2D eigenvalue weighted by molar-refractivity contribution is 5.18. The standard InChI is InChI=1S/C12H18O2/c1-3-11(13)9(2)12(14)10-7-5-4-6-8-10/h4-9,11-14H,3H2,1-2H3/t9-,11+,12-/m1/s1. The van der Waals surface area contributed by atoms with Crippen LogP contribution in [-0.4, -0.2) is 16.3 Å². The van der Waals surface area contributed by atoms with Crippen LogP contribution in [0.4, 0.5) is 0 Å². The molecule has 0 unspecified atom stereocenters. The van der Waals surface area contributed by atoms with Crippen molar-refractivity contribution in [2.24, 2.45) is 5.92 Å². The number of hydrogen-bond donors (Lipinski definition) is 2. The molecule has 1 rings (SSSR count). The third-order valence-electron chi connectivity index (χ3n) is 2.66. The van der Waals surface area contributed by atoms with Gasteiger partial charge in [-0.2, -0.15) is 0 Å². The minimum atomic E-state index is -0.578. The van der Waals surface area contributed by atoms with E-state index in [-0.39, 0.29) is 5.92 Å². The molecule has 0 fully saturated rings. The molecule has 0 radical (unpaired) electrons. The van der Waals surface area contributed by atoms with E-state index in [2.05, 4.69) is 0 Å². The lowest BCUT2D eigenvalue weighted by Crippen LogP contribution is -2.23. The SMILES string of the molecule is CC[C@H](O)[C@@H](C)[C@@H](O)c1ccccc1. The predicted octanol–water partition coefficient (Wildman–Crippen LogP) is 2.13. The molecule has 3 atom stereocenters. The summed E-state index contributed by atoms with van der Waals surface area (Å²) in [5, 5.41) is 19.5. The third kappa shape index (κ3) is 2.56. The lowest BCUT2D eigenvalue weighted by Gasteiger charge is -2.23. The van der Waals surface area contributed by atoms with Crippen molar-refractivity contribution in [2.45, 2.75) is 32.5 Å². The molecule has 0 aliphatic carbocycles. The Bertz CT molecular complexity index is 258. The van der Waals surface area contributed by atoms with Gasteiger partial charge in [0.1, 0.15) is 0 Å². The summed E-state index contributed by atoms with van der Waals surface area (Å²) in [5.41, 5.74) is 0.868. The van der Waals surface area contributed by atoms with Crippen LogP contribution < -0.4 is 0 Å². The number of aliphatic hydroxyl groups excluding tert-OH is 2. The zero-order valence-corrected chi connectivity index (χ0v) is 8.72. The molecule has 0 aliphatic heterocycles. The van der Waals surface area contributed by atoms with Gasteiger partial charge in [-0.05, 0) is 12.0 Å². The van der Waals surface area contributed by atoms with Crippen LogP contribution in [0.3, 0.4) is 0 Å². The van der Waals surface area contributed by atoms with Crippen LogP contribution in [-0.2, 0) is 0 Å². The molecule has 0 aliphatic rings. The normalized spacial score (nSPS) is 17.4. The van der Waals surface area contributed by atoms with Crippen LogP contribution >= 0.6 is 0 Å². The minimum absolute atomic E-state index is 0.123. The van der Waals surface area contributed by atoms with Crippen molar-refractivity contribution in [1.29, 1.82) is 0 Å². The van der Waals surface area contributed by atoms with Crippen LogP contribution in [0.15, 0.2) is 30.3 Å². The monoisotopic (exact) mass is 194 g/mol. The van der Waals surface area contributed by atoms with Crippen molar-refractivity contribution in [3.05, 3.63) is 35.9 Å². The van der Waals surface area contributed by atoms with Crippen LogP contribution in [0.1, 0.15) is 31.9 Å². The van der Waals surface area contributed by atoms with Crippen molar-refractivity contribution in [2.75, 3.05) is 0 Å². The molecule has 0 aromatic heterocycles. The summed E-state index contributed by atoms with van der Waals surface area (Å²) in [6.07, 6.45) is -0.346. The number of aliphatic hydroxyl groups is 2. The van der Waals surface area contributed by atoms with Gasteiger partial charge in [0.15, 0.2) is 0 Å². The van der Waals surface area contributed by atoms with Gasteiger partial charge in [0.2, 0.25) is 0 Å².